The first-order valence-corrected chi connectivity index (χ1v) is 4.19. The minimum atomic E-state index is -0.219. The van der Waals surface area contributed by atoms with E-state index in [1.807, 2.05) is 30.3 Å². The highest BCUT2D eigenvalue weighted by atomic mass is 16.5. The standard InChI is InChI=1S/C10H13NO2/c1-13-10(12)7-9(11)8-5-3-2-4-6-8/h2-6,9H,7,11H2,1H3/p+1/t9-/m1/s1. The maximum Gasteiger partial charge on any atom is 0.311 e. The second-order valence-corrected chi connectivity index (χ2v) is 2.89. The summed E-state index contributed by atoms with van der Waals surface area (Å²) < 4.78 is 4.56. The van der Waals surface area contributed by atoms with Crippen LogP contribution in [0.1, 0.15) is 18.0 Å². The first-order chi connectivity index (χ1) is 6.24. The number of hydrogen-bond acceptors (Lipinski definition) is 2. The molecule has 0 aliphatic heterocycles. The van der Waals surface area contributed by atoms with Crippen molar-refractivity contribution >= 4 is 5.97 Å². The second kappa shape index (κ2) is 4.62. The maximum absolute atomic E-state index is 10.9. The van der Waals surface area contributed by atoms with Gasteiger partial charge in [0.2, 0.25) is 0 Å². The molecule has 0 fully saturated rings. The van der Waals surface area contributed by atoms with Gasteiger partial charge in [-0.25, -0.2) is 0 Å². The van der Waals surface area contributed by atoms with Crippen LogP contribution in [0.25, 0.3) is 0 Å². The Balaban J connectivity index is 2.59. The van der Waals surface area contributed by atoms with Crippen molar-refractivity contribution in [3.8, 4) is 0 Å². The fraction of sp³-hybridized carbons (Fsp3) is 0.300. The van der Waals surface area contributed by atoms with E-state index in [1.165, 1.54) is 7.11 Å². The van der Waals surface area contributed by atoms with Crippen molar-refractivity contribution in [2.75, 3.05) is 7.11 Å². The van der Waals surface area contributed by atoms with Crippen molar-refractivity contribution in [2.45, 2.75) is 12.5 Å². The Hall–Kier alpha value is -1.35. The van der Waals surface area contributed by atoms with Crippen LogP contribution in [0.2, 0.25) is 0 Å². The molecule has 1 atom stereocenters. The van der Waals surface area contributed by atoms with E-state index < -0.39 is 0 Å². The lowest BCUT2D eigenvalue weighted by molar-refractivity contribution is -0.425. The van der Waals surface area contributed by atoms with Crippen LogP contribution in [0, 0.1) is 0 Å². The van der Waals surface area contributed by atoms with Crippen molar-refractivity contribution in [3.05, 3.63) is 35.9 Å². The summed E-state index contributed by atoms with van der Waals surface area (Å²) in [6, 6.07) is 9.71. The van der Waals surface area contributed by atoms with Gasteiger partial charge in [0.15, 0.2) is 0 Å². The molecule has 1 aromatic carbocycles. The molecule has 0 aliphatic rings. The van der Waals surface area contributed by atoms with Gasteiger partial charge in [-0.15, -0.1) is 0 Å². The molecular formula is C10H14NO2+. The number of rotatable bonds is 3. The molecule has 0 aliphatic carbocycles. The van der Waals surface area contributed by atoms with Crippen molar-refractivity contribution in [1.29, 1.82) is 0 Å². The molecule has 0 saturated carbocycles. The molecular weight excluding hydrogens is 166 g/mol. The minimum absolute atomic E-state index is 0.0198. The molecule has 0 radical (unpaired) electrons. The second-order valence-electron chi connectivity index (χ2n) is 2.89. The molecule has 3 N–H and O–H groups in total. The lowest BCUT2D eigenvalue weighted by Gasteiger charge is -2.06. The largest absolute Gasteiger partial charge is 0.469 e. The van der Waals surface area contributed by atoms with Crippen LogP contribution >= 0.6 is 0 Å². The Morgan fingerprint density at radius 3 is 2.62 bits per heavy atom. The third kappa shape index (κ3) is 2.87. The van der Waals surface area contributed by atoms with E-state index >= 15 is 0 Å². The summed E-state index contributed by atoms with van der Waals surface area (Å²) >= 11 is 0. The van der Waals surface area contributed by atoms with Crippen LogP contribution < -0.4 is 5.73 Å². The molecule has 0 saturated heterocycles. The number of hydrogen-bond donors (Lipinski definition) is 1. The van der Waals surface area contributed by atoms with Gasteiger partial charge < -0.3 is 10.5 Å². The highest BCUT2D eigenvalue weighted by Gasteiger charge is 2.14. The molecule has 70 valence electrons. The third-order valence-corrected chi connectivity index (χ3v) is 1.91. The fourth-order valence-corrected chi connectivity index (χ4v) is 1.13. The van der Waals surface area contributed by atoms with Crippen LogP contribution in [-0.2, 0) is 9.53 Å². The van der Waals surface area contributed by atoms with Gasteiger partial charge in [0.25, 0.3) is 0 Å². The van der Waals surface area contributed by atoms with Crippen molar-refractivity contribution in [2.24, 2.45) is 0 Å². The maximum atomic E-state index is 10.9. The van der Waals surface area contributed by atoms with E-state index in [1.54, 1.807) is 0 Å². The Bertz CT molecular complexity index is 272. The molecule has 0 unspecified atom stereocenters. The van der Waals surface area contributed by atoms with E-state index in [0.29, 0.717) is 6.42 Å². The monoisotopic (exact) mass is 180 g/mol. The zero-order chi connectivity index (χ0) is 9.68. The van der Waals surface area contributed by atoms with Crippen LogP contribution in [-0.4, -0.2) is 13.1 Å². The highest BCUT2D eigenvalue weighted by molar-refractivity contribution is 5.69. The molecule has 3 heteroatoms. The molecule has 0 spiro atoms. The number of benzene rings is 1. The average Bonchev–Trinajstić information content (AvgIpc) is 2.19. The third-order valence-electron chi connectivity index (χ3n) is 1.91. The van der Waals surface area contributed by atoms with Gasteiger partial charge in [-0.1, -0.05) is 30.3 Å². The van der Waals surface area contributed by atoms with E-state index in [9.17, 15) is 4.79 Å². The Kier molecular flexibility index (Phi) is 3.46. The summed E-state index contributed by atoms with van der Waals surface area (Å²) in [5.74, 6) is -0.219. The quantitative estimate of drug-likeness (QED) is 0.690. The van der Waals surface area contributed by atoms with Crippen LogP contribution in [0.15, 0.2) is 30.3 Å². The van der Waals surface area contributed by atoms with Gasteiger partial charge in [0.1, 0.15) is 12.5 Å². The van der Waals surface area contributed by atoms with E-state index in [-0.39, 0.29) is 12.0 Å². The lowest BCUT2D eigenvalue weighted by Crippen LogP contribution is -2.54. The number of methoxy groups -OCH3 is 1. The molecule has 0 bridgehead atoms. The predicted octanol–water partition coefficient (Wildman–Crippen LogP) is 0.533. The van der Waals surface area contributed by atoms with Crippen molar-refractivity contribution in [1.82, 2.24) is 0 Å². The Morgan fingerprint density at radius 1 is 1.46 bits per heavy atom. The summed E-state index contributed by atoms with van der Waals surface area (Å²) in [4.78, 5) is 10.9. The zero-order valence-electron chi connectivity index (χ0n) is 7.69. The average molecular weight is 180 g/mol. The van der Waals surface area contributed by atoms with E-state index in [2.05, 4.69) is 10.5 Å². The van der Waals surface area contributed by atoms with Crippen molar-refractivity contribution < 1.29 is 15.3 Å². The first-order valence-electron chi connectivity index (χ1n) is 4.19. The summed E-state index contributed by atoms with van der Waals surface area (Å²) in [5.41, 5.74) is 4.96. The number of esters is 1. The molecule has 0 heterocycles. The van der Waals surface area contributed by atoms with E-state index in [4.69, 9.17) is 0 Å². The molecule has 13 heavy (non-hydrogen) atoms. The van der Waals surface area contributed by atoms with Gasteiger partial charge in [-0.2, -0.15) is 0 Å². The number of carbonyl (C=O) groups excluding carboxylic acids is 1. The smallest absolute Gasteiger partial charge is 0.311 e. The molecule has 3 nitrogen and oxygen atoms in total. The molecule has 0 aromatic heterocycles. The number of ether oxygens (including phenoxy) is 1. The Labute approximate surface area is 77.5 Å². The summed E-state index contributed by atoms with van der Waals surface area (Å²) in [6.07, 6.45) is 0.334. The van der Waals surface area contributed by atoms with Gasteiger partial charge in [-0.05, 0) is 0 Å². The van der Waals surface area contributed by atoms with E-state index in [0.717, 1.165) is 5.56 Å². The molecule has 1 aromatic rings. The number of carbonyl (C=O) groups is 1. The first kappa shape index (κ1) is 9.74. The summed E-state index contributed by atoms with van der Waals surface area (Å²) in [5, 5.41) is 0. The van der Waals surface area contributed by atoms with Gasteiger partial charge in [0.05, 0.1) is 7.11 Å². The molecule has 1 rings (SSSR count). The molecule has 0 amide bonds. The Morgan fingerprint density at radius 2 is 2.08 bits per heavy atom. The van der Waals surface area contributed by atoms with Crippen LogP contribution in [0.5, 0.6) is 0 Å². The normalized spacial score (nSPS) is 12.2. The predicted molar refractivity (Wildman–Crippen MR) is 48.7 cm³/mol. The summed E-state index contributed by atoms with van der Waals surface area (Å²) in [6.45, 7) is 0. The van der Waals surface area contributed by atoms with Gasteiger partial charge in [-0.3, -0.25) is 4.79 Å². The topological polar surface area (TPSA) is 53.9 Å². The van der Waals surface area contributed by atoms with Crippen molar-refractivity contribution in [3.63, 3.8) is 0 Å². The number of quaternary nitrogens is 1. The van der Waals surface area contributed by atoms with Gasteiger partial charge >= 0.3 is 5.97 Å². The van der Waals surface area contributed by atoms with Gasteiger partial charge in [0, 0.05) is 5.56 Å². The SMILES string of the molecule is COC(=O)C[C@@H]([NH3+])c1ccccc1. The minimum Gasteiger partial charge on any atom is -0.469 e. The highest BCUT2D eigenvalue weighted by Crippen LogP contribution is 2.11. The van der Waals surface area contributed by atoms with Crippen LogP contribution in [0.4, 0.5) is 0 Å². The zero-order valence-corrected chi connectivity index (χ0v) is 7.69. The van der Waals surface area contributed by atoms with Crippen LogP contribution in [0.3, 0.4) is 0 Å². The fourth-order valence-electron chi connectivity index (χ4n) is 1.13. The summed E-state index contributed by atoms with van der Waals surface area (Å²) in [7, 11) is 1.39. The lowest BCUT2D eigenvalue weighted by atomic mass is 10.1.